The molecule has 4 rings (SSSR count). The van der Waals surface area contributed by atoms with Crippen molar-refractivity contribution >= 4 is 35.2 Å². The number of benzene rings is 2. The number of anilines is 1. The highest BCUT2D eigenvalue weighted by Crippen LogP contribution is 2.25. The third-order valence-corrected chi connectivity index (χ3v) is 5.56. The van der Waals surface area contributed by atoms with Gasteiger partial charge in [-0.25, -0.2) is 9.07 Å². The Bertz CT molecular complexity index is 1200. The number of hydrogen-bond donors (Lipinski definition) is 1. The van der Waals surface area contributed by atoms with Gasteiger partial charge in [-0.15, -0.1) is 0 Å². The average molecular weight is 469 g/mol. The lowest BCUT2D eigenvalue weighted by Crippen LogP contribution is -2.40. The molecule has 0 aliphatic carbocycles. The molecule has 0 unspecified atom stereocenters. The smallest absolute Gasteiger partial charge is 0.254 e. The first-order valence-corrected chi connectivity index (χ1v) is 10.8. The van der Waals surface area contributed by atoms with Crippen molar-refractivity contribution in [3.05, 3.63) is 82.4 Å². The Labute approximate surface area is 195 Å². The van der Waals surface area contributed by atoms with E-state index in [1.165, 1.54) is 22.9 Å². The summed E-state index contributed by atoms with van der Waals surface area (Å²) < 4.78 is 20.0. The Morgan fingerprint density at radius 3 is 2.61 bits per heavy atom. The Hall–Kier alpha value is -3.49. The SMILES string of the molecule is Cc1nn(-c2ccc(F)cc2)c(Cl)c1C=CC(=O)Nc1cccc(C(=O)N2CCOCC2)c1. The summed E-state index contributed by atoms with van der Waals surface area (Å²) in [5.74, 6) is -0.831. The van der Waals surface area contributed by atoms with E-state index in [0.717, 1.165) is 0 Å². The third-order valence-electron chi connectivity index (χ3n) is 5.20. The van der Waals surface area contributed by atoms with Crippen molar-refractivity contribution in [2.75, 3.05) is 31.6 Å². The van der Waals surface area contributed by atoms with Crippen molar-refractivity contribution in [1.82, 2.24) is 14.7 Å². The lowest BCUT2D eigenvalue weighted by atomic mass is 10.1. The van der Waals surface area contributed by atoms with Gasteiger partial charge in [-0.3, -0.25) is 9.59 Å². The molecule has 9 heteroatoms. The quantitative estimate of drug-likeness (QED) is 0.572. The molecule has 2 heterocycles. The summed E-state index contributed by atoms with van der Waals surface area (Å²) in [6.07, 6.45) is 2.92. The van der Waals surface area contributed by atoms with E-state index in [2.05, 4.69) is 10.4 Å². The van der Waals surface area contributed by atoms with Crippen LogP contribution in [0.15, 0.2) is 54.6 Å². The maximum Gasteiger partial charge on any atom is 0.254 e. The molecule has 2 amide bonds. The number of nitrogens with one attached hydrogen (secondary N) is 1. The number of carbonyl (C=O) groups excluding carboxylic acids is 2. The molecular formula is C24H22ClFN4O3. The summed E-state index contributed by atoms with van der Waals surface area (Å²) in [5, 5.41) is 7.44. The van der Waals surface area contributed by atoms with Crippen molar-refractivity contribution in [3.63, 3.8) is 0 Å². The standard InChI is InChI=1S/C24H22ClFN4O3/c1-16-21(23(25)30(28-16)20-7-5-18(26)6-8-20)9-10-22(31)27-19-4-2-3-17(15-19)24(32)29-11-13-33-14-12-29/h2-10,15H,11-14H2,1H3,(H,27,31). The highest BCUT2D eigenvalue weighted by molar-refractivity contribution is 6.31. The number of morpholine rings is 1. The topological polar surface area (TPSA) is 76.5 Å². The van der Waals surface area contributed by atoms with Crippen LogP contribution in [-0.4, -0.2) is 52.8 Å². The molecule has 0 radical (unpaired) electrons. The fourth-order valence-corrected chi connectivity index (χ4v) is 3.81. The second-order valence-corrected chi connectivity index (χ2v) is 7.84. The van der Waals surface area contributed by atoms with Gasteiger partial charge in [0.15, 0.2) is 0 Å². The summed E-state index contributed by atoms with van der Waals surface area (Å²) in [7, 11) is 0. The van der Waals surface area contributed by atoms with Crippen LogP contribution in [-0.2, 0) is 9.53 Å². The molecule has 1 aromatic heterocycles. The minimum absolute atomic E-state index is 0.0967. The second kappa shape index (κ2) is 9.97. The van der Waals surface area contributed by atoms with Gasteiger partial charge in [0.2, 0.25) is 5.91 Å². The molecule has 0 atom stereocenters. The Morgan fingerprint density at radius 1 is 1.15 bits per heavy atom. The summed E-state index contributed by atoms with van der Waals surface area (Å²) in [6, 6.07) is 12.6. The van der Waals surface area contributed by atoms with Gasteiger partial charge in [0.25, 0.3) is 5.91 Å². The number of halogens is 2. The first kappa shape index (κ1) is 22.7. The molecule has 1 N–H and O–H groups in total. The molecule has 33 heavy (non-hydrogen) atoms. The summed E-state index contributed by atoms with van der Waals surface area (Å²) in [4.78, 5) is 26.9. The number of ether oxygens (including phenoxy) is 1. The predicted octanol–water partition coefficient (Wildman–Crippen LogP) is 4.10. The Morgan fingerprint density at radius 2 is 1.88 bits per heavy atom. The first-order valence-electron chi connectivity index (χ1n) is 10.4. The van der Waals surface area contributed by atoms with E-state index in [4.69, 9.17) is 16.3 Å². The lowest BCUT2D eigenvalue weighted by molar-refractivity contribution is -0.111. The Kier molecular flexibility index (Phi) is 6.86. The number of hydrogen-bond acceptors (Lipinski definition) is 4. The molecule has 2 aromatic carbocycles. The van der Waals surface area contributed by atoms with Crippen LogP contribution in [0.4, 0.5) is 10.1 Å². The van der Waals surface area contributed by atoms with Crippen molar-refractivity contribution < 1.29 is 18.7 Å². The number of aryl methyl sites for hydroxylation is 1. The number of carbonyl (C=O) groups is 2. The predicted molar refractivity (Wildman–Crippen MR) is 124 cm³/mol. The van der Waals surface area contributed by atoms with Crippen molar-refractivity contribution in [2.24, 2.45) is 0 Å². The number of aromatic nitrogens is 2. The summed E-state index contributed by atoms with van der Waals surface area (Å²) in [6.45, 7) is 3.90. The van der Waals surface area contributed by atoms with Gasteiger partial charge < -0.3 is 15.0 Å². The molecule has 0 spiro atoms. The normalized spacial score (nSPS) is 14.0. The fraction of sp³-hybridized carbons (Fsp3) is 0.208. The molecule has 1 aliphatic heterocycles. The molecule has 0 bridgehead atoms. The van der Waals surface area contributed by atoms with E-state index < -0.39 is 0 Å². The van der Waals surface area contributed by atoms with E-state index in [0.29, 0.717) is 59.7 Å². The van der Waals surface area contributed by atoms with Crippen LogP contribution in [0.5, 0.6) is 0 Å². The number of nitrogens with zero attached hydrogens (tertiary/aromatic N) is 3. The van der Waals surface area contributed by atoms with Crippen molar-refractivity contribution in [3.8, 4) is 5.69 Å². The lowest BCUT2D eigenvalue weighted by Gasteiger charge is -2.27. The molecule has 1 fully saturated rings. The largest absolute Gasteiger partial charge is 0.378 e. The van der Waals surface area contributed by atoms with Crippen LogP contribution >= 0.6 is 11.6 Å². The van der Waals surface area contributed by atoms with Crippen LogP contribution in [0, 0.1) is 12.7 Å². The number of rotatable bonds is 5. The van der Waals surface area contributed by atoms with Gasteiger partial charge in [0.05, 0.1) is 24.6 Å². The van der Waals surface area contributed by atoms with Crippen LogP contribution in [0.25, 0.3) is 11.8 Å². The third kappa shape index (κ3) is 5.30. The maximum atomic E-state index is 13.2. The minimum Gasteiger partial charge on any atom is -0.378 e. The zero-order valence-corrected chi connectivity index (χ0v) is 18.7. The molecule has 1 saturated heterocycles. The molecule has 7 nitrogen and oxygen atoms in total. The van der Waals surface area contributed by atoms with Gasteiger partial charge in [-0.05, 0) is 55.5 Å². The van der Waals surface area contributed by atoms with Gasteiger partial charge in [0.1, 0.15) is 11.0 Å². The Balaban J connectivity index is 1.45. The highest BCUT2D eigenvalue weighted by Gasteiger charge is 2.19. The molecule has 170 valence electrons. The molecule has 0 saturated carbocycles. The van der Waals surface area contributed by atoms with Crippen LogP contribution < -0.4 is 5.32 Å². The summed E-state index contributed by atoms with van der Waals surface area (Å²) in [5.41, 5.74) is 2.81. The van der Waals surface area contributed by atoms with E-state index in [1.54, 1.807) is 54.3 Å². The fourth-order valence-electron chi connectivity index (χ4n) is 3.48. The second-order valence-electron chi connectivity index (χ2n) is 7.49. The zero-order chi connectivity index (χ0) is 23.4. The van der Waals surface area contributed by atoms with E-state index >= 15 is 0 Å². The number of amides is 2. The molecule has 3 aromatic rings. The van der Waals surface area contributed by atoms with Crippen LogP contribution in [0.3, 0.4) is 0 Å². The van der Waals surface area contributed by atoms with Crippen molar-refractivity contribution in [2.45, 2.75) is 6.92 Å². The highest BCUT2D eigenvalue weighted by atomic mass is 35.5. The van der Waals surface area contributed by atoms with Gasteiger partial charge in [-0.1, -0.05) is 17.7 Å². The van der Waals surface area contributed by atoms with Crippen LogP contribution in [0.1, 0.15) is 21.6 Å². The molecular weight excluding hydrogens is 447 g/mol. The minimum atomic E-state index is -0.379. The van der Waals surface area contributed by atoms with E-state index in [1.807, 2.05) is 0 Å². The van der Waals surface area contributed by atoms with Gasteiger partial charge in [-0.2, -0.15) is 5.10 Å². The maximum absolute atomic E-state index is 13.2. The monoisotopic (exact) mass is 468 g/mol. The van der Waals surface area contributed by atoms with Gasteiger partial charge >= 0.3 is 0 Å². The van der Waals surface area contributed by atoms with Gasteiger partial charge in [0, 0.05) is 36.0 Å². The zero-order valence-electron chi connectivity index (χ0n) is 17.9. The molecule has 1 aliphatic rings. The van der Waals surface area contributed by atoms with E-state index in [9.17, 15) is 14.0 Å². The van der Waals surface area contributed by atoms with E-state index in [-0.39, 0.29) is 17.6 Å². The van der Waals surface area contributed by atoms with Crippen LogP contribution in [0.2, 0.25) is 5.15 Å². The average Bonchev–Trinajstić information content (AvgIpc) is 3.11. The first-order chi connectivity index (χ1) is 15.9. The van der Waals surface area contributed by atoms with Crippen molar-refractivity contribution in [1.29, 1.82) is 0 Å². The summed E-state index contributed by atoms with van der Waals surface area (Å²) >= 11 is 6.45.